The normalized spacial score (nSPS) is 20.7. The van der Waals surface area contributed by atoms with Gasteiger partial charge in [0.05, 0.1) is 29.6 Å². The Balaban J connectivity index is 1.76. The molecule has 1 aliphatic carbocycles. The van der Waals surface area contributed by atoms with Crippen molar-refractivity contribution < 1.29 is 14.3 Å². The first-order valence-corrected chi connectivity index (χ1v) is 12.9. The van der Waals surface area contributed by atoms with E-state index in [9.17, 15) is 4.79 Å². The van der Waals surface area contributed by atoms with Crippen molar-refractivity contribution in [3.63, 3.8) is 0 Å². The number of amides is 1. The van der Waals surface area contributed by atoms with Gasteiger partial charge in [-0.3, -0.25) is 4.79 Å². The first-order chi connectivity index (χ1) is 16.7. The molecule has 2 aromatic carbocycles. The molecule has 5 rings (SSSR count). The van der Waals surface area contributed by atoms with E-state index < -0.39 is 5.72 Å². The molecule has 3 aliphatic rings. The Kier molecular flexibility index (Phi) is 6.12. The predicted octanol–water partition coefficient (Wildman–Crippen LogP) is 6.58. The summed E-state index contributed by atoms with van der Waals surface area (Å²) >= 11 is 0. The van der Waals surface area contributed by atoms with Crippen LogP contribution in [0.25, 0.3) is 11.1 Å². The maximum absolute atomic E-state index is 13.7. The third kappa shape index (κ3) is 4.02. The highest BCUT2D eigenvalue weighted by atomic mass is 16.5. The minimum absolute atomic E-state index is 0.147. The highest BCUT2D eigenvalue weighted by Gasteiger charge is 2.38. The maximum atomic E-state index is 13.7. The summed E-state index contributed by atoms with van der Waals surface area (Å²) in [6.45, 7) is 11.9. The molecular formula is C29H37N3O3. The van der Waals surface area contributed by atoms with E-state index in [1.807, 2.05) is 7.05 Å². The fraction of sp³-hybridized carbons (Fsp3) is 0.517. The highest BCUT2D eigenvalue weighted by Crippen LogP contribution is 2.48. The number of nitrogens with one attached hydrogen (secondary N) is 1. The number of benzene rings is 2. The molecule has 1 amide bonds. The minimum Gasteiger partial charge on any atom is -0.490 e. The summed E-state index contributed by atoms with van der Waals surface area (Å²) in [6, 6.07) is 6.36. The second kappa shape index (κ2) is 8.98. The molecule has 1 N–H and O–H groups in total. The average Bonchev–Trinajstić information content (AvgIpc) is 2.86. The Labute approximate surface area is 208 Å². The van der Waals surface area contributed by atoms with Crippen LogP contribution in [0.4, 0.5) is 11.4 Å². The van der Waals surface area contributed by atoms with Crippen LogP contribution in [0.1, 0.15) is 86.0 Å². The van der Waals surface area contributed by atoms with Gasteiger partial charge in [-0.05, 0) is 100 Å². The van der Waals surface area contributed by atoms with Crippen molar-refractivity contribution in [2.24, 2.45) is 4.99 Å². The molecule has 1 saturated carbocycles. The third-order valence-corrected chi connectivity index (χ3v) is 7.84. The number of anilines is 2. The van der Waals surface area contributed by atoms with E-state index >= 15 is 0 Å². The minimum atomic E-state index is -0.528. The van der Waals surface area contributed by atoms with Crippen molar-refractivity contribution in [1.82, 2.24) is 0 Å². The van der Waals surface area contributed by atoms with Crippen molar-refractivity contribution in [3.8, 4) is 16.9 Å². The maximum Gasteiger partial charge on any atom is 0.279 e. The largest absolute Gasteiger partial charge is 0.490 e. The number of hydrogen-bond acceptors (Lipinski definition) is 5. The van der Waals surface area contributed by atoms with Crippen LogP contribution in [0.15, 0.2) is 23.2 Å². The Hall–Kier alpha value is -2.86. The average molecular weight is 476 g/mol. The lowest BCUT2D eigenvalue weighted by atomic mass is 9.84. The van der Waals surface area contributed by atoms with Gasteiger partial charge in [-0.15, -0.1) is 0 Å². The fourth-order valence-electron chi connectivity index (χ4n) is 6.24. The molecule has 2 aromatic rings. The second-order valence-electron chi connectivity index (χ2n) is 10.5. The molecule has 6 nitrogen and oxygen atoms in total. The summed E-state index contributed by atoms with van der Waals surface area (Å²) < 4.78 is 12.8. The summed E-state index contributed by atoms with van der Waals surface area (Å²) in [5.74, 6) is 0.723. The van der Waals surface area contributed by atoms with Gasteiger partial charge in [0, 0.05) is 12.8 Å². The van der Waals surface area contributed by atoms with E-state index in [1.165, 1.54) is 6.42 Å². The number of ether oxygens (including phenoxy) is 2. The van der Waals surface area contributed by atoms with Crippen LogP contribution in [0, 0.1) is 13.8 Å². The molecule has 0 spiro atoms. The van der Waals surface area contributed by atoms with Crippen molar-refractivity contribution in [3.05, 3.63) is 40.5 Å². The van der Waals surface area contributed by atoms with Gasteiger partial charge in [-0.1, -0.05) is 12.5 Å². The van der Waals surface area contributed by atoms with Gasteiger partial charge >= 0.3 is 0 Å². The molecule has 0 radical (unpaired) electrons. The van der Waals surface area contributed by atoms with Crippen molar-refractivity contribution in [2.75, 3.05) is 30.4 Å². The van der Waals surface area contributed by atoms with Gasteiger partial charge in [0.25, 0.3) is 5.91 Å². The Morgan fingerprint density at radius 2 is 1.89 bits per heavy atom. The van der Waals surface area contributed by atoms with Gasteiger partial charge < -0.3 is 19.7 Å². The number of carbonyl (C=O) groups is 1. The molecule has 35 heavy (non-hydrogen) atoms. The van der Waals surface area contributed by atoms with E-state index in [4.69, 9.17) is 9.47 Å². The van der Waals surface area contributed by atoms with Crippen LogP contribution in [0.2, 0.25) is 0 Å². The van der Waals surface area contributed by atoms with E-state index in [1.54, 1.807) is 0 Å². The zero-order chi connectivity index (χ0) is 24.9. The Morgan fingerprint density at radius 3 is 2.60 bits per heavy atom. The van der Waals surface area contributed by atoms with Crippen LogP contribution in [0.3, 0.4) is 0 Å². The van der Waals surface area contributed by atoms with E-state index in [2.05, 4.69) is 68.0 Å². The van der Waals surface area contributed by atoms with Crippen LogP contribution in [0.5, 0.6) is 5.75 Å². The van der Waals surface area contributed by atoms with Crippen LogP contribution in [-0.4, -0.2) is 37.5 Å². The molecule has 0 saturated heterocycles. The van der Waals surface area contributed by atoms with Crippen LogP contribution in [-0.2, 0) is 4.74 Å². The zero-order valence-corrected chi connectivity index (χ0v) is 21.9. The standard InChI is InChI=1S/C29H37N3O3/c1-17-25-20-12-13-23-22(16-20)32(14-15-34-23)29(4,5)35-19(3)24(25)18(2)27(30-6)26(17)28(33)31-21-10-8-7-9-11-21/h12-13,16,19,30H,7-11,14-15H2,1-6H3. The van der Waals surface area contributed by atoms with E-state index in [-0.39, 0.29) is 12.0 Å². The first-order valence-electron chi connectivity index (χ1n) is 12.9. The molecule has 2 heterocycles. The summed E-state index contributed by atoms with van der Waals surface area (Å²) in [4.78, 5) is 20.6. The number of fused-ring (bicyclic) bond motifs is 3. The van der Waals surface area contributed by atoms with Gasteiger partial charge in [0.15, 0.2) is 0 Å². The van der Waals surface area contributed by atoms with E-state index in [0.29, 0.717) is 12.2 Å². The molecule has 1 fully saturated rings. The number of nitrogens with zero attached hydrogens (tertiary/aromatic N) is 2. The molecule has 1 unspecified atom stereocenters. The lowest BCUT2D eigenvalue weighted by Gasteiger charge is -2.44. The smallest absolute Gasteiger partial charge is 0.279 e. The predicted molar refractivity (Wildman–Crippen MR) is 142 cm³/mol. The lowest BCUT2D eigenvalue weighted by molar-refractivity contribution is -0.0689. The van der Waals surface area contributed by atoms with Crippen molar-refractivity contribution in [2.45, 2.75) is 78.6 Å². The number of carbonyl (C=O) groups excluding carboxylic acids is 1. The fourth-order valence-corrected chi connectivity index (χ4v) is 6.24. The van der Waals surface area contributed by atoms with Crippen molar-refractivity contribution >= 4 is 23.0 Å². The zero-order valence-electron chi connectivity index (χ0n) is 21.9. The first kappa shape index (κ1) is 23.9. The molecular weight excluding hydrogens is 438 g/mol. The van der Waals surface area contributed by atoms with Crippen LogP contribution >= 0.6 is 0 Å². The second-order valence-corrected chi connectivity index (χ2v) is 10.5. The number of rotatable bonds is 2. The number of hydrogen-bond donors (Lipinski definition) is 1. The topological polar surface area (TPSA) is 63.2 Å². The molecule has 6 heteroatoms. The van der Waals surface area contributed by atoms with Crippen molar-refractivity contribution in [1.29, 1.82) is 0 Å². The molecule has 186 valence electrons. The number of aliphatic imine (C=N–C) groups is 1. The molecule has 1 atom stereocenters. The Bertz CT molecular complexity index is 1210. The summed E-state index contributed by atoms with van der Waals surface area (Å²) in [5.41, 5.74) is 8.28. The monoisotopic (exact) mass is 475 g/mol. The van der Waals surface area contributed by atoms with E-state index in [0.717, 1.165) is 82.9 Å². The van der Waals surface area contributed by atoms with Gasteiger partial charge in [0.2, 0.25) is 0 Å². The van der Waals surface area contributed by atoms with Gasteiger partial charge in [-0.2, -0.15) is 0 Å². The van der Waals surface area contributed by atoms with Gasteiger partial charge in [-0.25, -0.2) is 4.99 Å². The van der Waals surface area contributed by atoms with Gasteiger partial charge in [0.1, 0.15) is 18.1 Å². The molecule has 2 bridgehead atoms. The summed E-state index contributed by atoms with van der Waals surface area (Å²) in [6.07, 6.45) is 5.12. The quantitative estimate of drug-likeness (QED) is 0.531. The molecule has 0 aromatic heterocycles. The summed E-state index contributed by atoms with van der Waals surface area (Å²) in [7, 11) is 1.89. The third-order valence-electron chi connectivity index (χ3n) is 7.84. The SMILES string of the molecule is CNc1c(C)c2c(c(C)c1C(=O)N=C1CCCCC1)-c1ccc3c(c1)N(CCO3)C(C)(C)OC2C. The lowest BCUT2D eigenvalue weighted by Crippen LogP contribution is -2.50. The van der Waals surface area contributed by atoms with Crippen LogP contribution < -0.4 is 15.0 Å². The highest BCUT2D eigenvalue weighted by molar-refractivity contribution is 6.10. The summed E-state index contributed by atoms with van der Waals surface area (Å²) in [5, 5.41) is 3.34. The Morgan fingerprint density at radius 1 is 1.14 bits per heavy atom. The molecule has 2 aliphatic heterocycles.